The molecule has 4 amide bonds. The second kappa shape index (κ2) is 10.9. The maximum absolute atomic E-state index is 13.6. The number of rotatable bonds is 8. The highest BCUT2D eigenvalue weighted by Gasteiger charge is 2.55. The third-order valence-electron chi connectivity index (χ3n) is 6.25. The third kappa shape index (κ3) is 5.17. The number of anilines is 2. The molecule has 3 N–H and O–H groups in total. The van der Waals surface area contributed by atoms with Crippen molar-refractivity contribution in [1.29, 1.82) is 0 Å². The fourth-order valence-corrected chi connectivity index (χ4v) is 4.41. The molecule has 0 bridgehead atoms. The Labute approximate surface area is 209 Å². The molecule has 0 aliphatic carbocycles. The number of nitrogen functional groups attached to an aromatic ring is 1. The molecule has 0 spiro atoms. The number of pyridine rings is 1. The van der Waals surface area contributed by atoms with Crippen molar-refractivity contribution < 1.29 is 14.4 Å². The monoisotopic (exact) mass is 487 g/mol. The molecule has 3 aromatic rings. The number of carbonyl (C=O) groups excluding carboxylic acids is 3. The molecule has 1 aliphatic rings. The first-order valence-corrected chi connectivity index (χ1v) is 11.8. The number of hydrogen-bond donors (Lipinski definition) is 2. The van der Waals surface area contributed by atoms with Gasteiger partial charge in [-0.3, -0.25) is 19.4 Å². The summed E-state index contributed by atoms with van der Waals surface area (Å²) in [6.07, 6.45) is 6.36. The fourth-order valence-electron chi connectivity index (χ4n) is 4.41. The summed E-state index contributed by atoms with van der Waals surface area (Å²) in [6, 6.07) is 12.7. The van der Waals surface area contributed by atoms with Crippen LogP contribution in [-0.2, 0) is 16.0 Å². The van der Waals surface area contributed by atoms with Crippen LogP contribution >= 0.6 is 0 Å². The summed E-state index contributed by atoms with van der Waals surface area (Å²) in [7, 11) is 1.53. The minimum Gasteiger partial charge on any atom is -0.384 e. The lowest BCUT2D eigenvalue weighted by Crippen LogP contribution is -2.70. The second-order valence-electron chi connectivity index (χ2n) is 8.70. The smallest absolute Gasteiger partial charge is 0.325 e. The van der Waals surface area contributed by atoms with E-state index in [9.17, 15) is 14.4 Å². The van der Waals surface area contributed by atoms with E-state index in [4.69, 9.17) is 5.73 Å². The van der Waals surface area contributed by atoms with E-state index >= 15 is 0 Å². The summed E-state index contributed by atoms with van der Waals surface area (Å²) in [5.41, 5.74) is 7.49. The zero-order chi connectivity index (χ0) is 25.7. The highest BCUT2D eigenvalue weighted by atomic mass is 16.2. The number of likely N-dealkylation sites (N-methyl/N-ethyl adjacent to an activating group) is 1. The van der Waals surface area contributed by atoms with Crippen molar-refractivity contribution >= 4 is 29.6 Å². The van der Waals surface area contributed by atoms with Crippen LogP contribution < -0.4 is 16.0 Å². The first-order valence-electron chi connectivity index (χ1n) is 11.8. The molecule has 36 heavy (non-hydrogen) atoms. The SMILES string of the molecule is CCC[C@@H](NC(=O)N1C(=O)[C@H](Cc2ccnc(N)c2)[C@H]1C(=O)N(C)c1ncccn1)c1ccccc1. The van der Waals surface area contributed by atoms with Gasteiger partial charge in [-0.1, -0.05) is 43.7 Å². The van der Waals surface area contributed by atoms with Crippen molar-refractivity contribution in [3.8, 4) is 0 Å². The summed E-state index contributed by atoms with van der Waals surface area (Å²) in [6.45, 7) is 2.02. The Bertz CT molecular complexity index is 1220. The number of aromatic nitrogens is 3. The summed E-state index contributed by atoms with van der Waals surface area (Å²) in [5, 5.41) is 2.96. The van der Waals surface area contributed by atoms with Gasteiger partial charge >= 0.3 is 6.03 Å². The van der Waals surface area contributed by atoms with Crippen LogP contribution in [0.3, 0.4) is 0 Å². The molecule has 0 unspecified atom stereocenters. The Hall–Kier alpha value is -4.34. The van der Waals surface area contributed by atoms with Gasteiger partial charge in [-0.15, -0.1) is 0 Å². The topological polar surface area (TPSA) is 134 Å². The second-order valence-corrected chi connectivity index (χ2v) is 8.70. The number of nitrogens with one attached hydrogen (secondary N) is 1. The molecular weight excluding hydrogens is 458 g/mol. The third-order valence-corrected chi connectivity index (χ3v) is 6.25. The molecule has 2 aromatic heterocycles. The van der Waals surface area contributed by atoms with Gasteiger partial charge in [0.15, 0.2) is 0 Å². The molecule has 1 aromatic carbocycles. The van der Waals surface area contributed by atoms with Gasteiger partial charge in [0.05, 0.1) is 12.0 Å². The highest BCUT2D eigenvalue weighted by molar-refractivity contribution is 6.12. The minimum atomic E-state index is -1.02. The summed E-state index contributed by atoms with van der Waals surface area (Å²) >= 11 is 0. The molecule has 4 rings (SSSR count). The molecule has 3 atom stereocenters. The van der Waals surface area contributed by atoms with Crippen LogP contribution in [0.25, 0.3) is 0 Å². The molecule has 10 heteroatoms. The van der Waals surface area contributed by atoms with Gasteiger partial charge in [-0.25, -0.2) is 19.7 Å². The minimum absolute atomic E-state index is 0.183. The molecular formula is C26H29N7O3. The van der Waals surface area contributed by atoms with Crippen molar-refractivity contribution in [2.75, 3.05) is 17.7 Å². The number of urea groups is 1. The van der Waals surface area contributed by atoms with Crippen molar-refractivity contribution in [2.45, 2.75) is 38.3 Å². The van der Waals surface area contributed by atoms with Gasteiger partial charge in [0.2, 0.25) is 11.9 Å². The van der Waals surface area contributed by atoms with Crippen molar-refractivity contribution in [1.82, 2.24) is 25.2 Å². The number of β-lactam (4-membered cyclic amide) rings is 1. The van der Waals surface area contributed by atoms with Crippen molar-refractivity contribution in [3.63, 3.8) is 0 Å². The van der Waals surface area contributed by atoms with Gasteiger partial charge in [0, 0.05) is 25.6 Å². The lowest BCUT2D eigenvalue weighted by Gasteiger charge is -2.45. The number of hydrogen-bond acceptors (Lipinski definition) is 7. The standard InChI is InChI=1S/C26H29N7O3/c1-3-8-20(18-9-5-4-6-10-18)31-26(36)33-22(24(35)32(2)25-29-12-7-13-30-25)19(23(33)34)15-17-11-14-28-21(27)16-17/h4-7,9-14,16,19-20,22H,3,8,15H2,1-2H3,(H2,27,28)(H,31,36)/t19-,20-,22+/m1/s1. The predicted molar refractivity (Wildman–Crippen MR) is 135 cm³/mol. The maximum atomic E-state index is 13.6. The first-order chi connectivity index (χ1) is 17.4. The van der Waals surface area contributed by atoms with Crippen LogP contribution in [0.5, 0.6) is 0 Å². The summed E-state index contributed by atoms with van der Waals surface area (Å²) in [4.78, 5) is 54.7. The number of imide groups is 1. The number of nitrogens with two attached hydrogens (primary N) is 1. The van der Waals surface area contributed by atoms with E-state index in [0.29, 0.717) is 12.2 Å². The Morgan fingerprint density at radius 3 is 2.47 bits per heavy atom. The normalized spacial score (nSPS) is 17.7. The number of carbonyl (C=O) groups is 3. The van der Waals surface area contributed by atoms with Crippen LogP contribution in [-0.4, -0.2) is 50.8 Å². The number of nitrogens with zero attached hydrogens (tertiary/aromatic N) is 5. The van der Waals surface area contributed by atoms with Gasteiger partial charge in [0.1, 0.15) is 11.9 Å². The lowest BCUT2D eigenvalue weighted by molar-refractivity contribution is -0.156. The average molecular weight is 488 g/mol. The largest absolute Gasteiger partial charge is 0.384 e. The molecule has 1 aliphatic heterocycles. The van der Waals surface area contributed by atoms with Crippen LogP contribution in [0.2, 0.25) is 0 Å². The van der Waals surface area contributed by atoms with E-state index in [1.165, 1.54) is 24.3 Å². The van der Waals surface area contributed by atoms with E-state index in [0.717, 1.165) is 22.4 Å². The van der Waals surface area contributed by atoms with E-state index in [2.05, 4.69) is 20.3 Å². The Balaban J connectivity index is 1.60. The number of likely N-dealkylation sites (tertiary alicyclic amines) is 1. The molecule has 10 nitrogen and oxygen atoms in total. The Morgan fingerprint density at radius 1 is 1.08 bits per heavy atom. The average Bonchev–Trinajstić information content (AvgIpc) is 2.90. The zero-order valence-electron chi connectivity index (χ0n) is 20.2. The molecule has 186 valence electrons. The Morgan fingerprint density at radius 2 is 1.81 bits per heavy atom. The van der Waals surface area contributed by atoms with E-state index in [1.54, 1.807) is 24.4 Å². The highest BCUT2D eigenvalue weighted by Crippen LogP contribution is 2.33. The van der Waals surface area contributed by atoms with Gasteiger partial charge in [0.25, 0.3) is 5.91 Å². The molecule has 3 heterocycles. The fraction of sp³-hybridized carbons (Fsp3) is 0.308. The van der Waals surface area contributed by atoms with Crippen molar-refractivity contribution in [3.05, 3.63) is 78.2 Å². The zero-order valence-corrected chi connectivity index (χ0v) is 20.2. The van der Waals surface area contributed by atoms with Crippen LogP contribution in [0.4, 0.5) is 16.6 Å². The molecule has 0 saturated carbocycles. The van der Waals surface area contributed by atoms with Gasteiger partial charge < -0.3 is 11.1 Å². The molecule has 1 saturated heterocycles. The Kier molecular flexibility index (Phi) is 7.53. The lowest BCUT2D eigenvalue weighted by atomic mass is 9.81. The van der Waals surface area contributed by atoms with Gasteiger partial charge in [-0.2, -0.15) is 0 Å². The van der Waals surface area contributed by atoms with Crippen LogP contribution in [0.15, 0.2) is 67.1 Å². The van der Waals surface area contributed by atoms with Gasteiger partial charge in [-0.05, 0) is 42.2 Å². The predicted octanol–water partition coefficient (Wildman–Crippen LogP) is 2.74. The quantitative estimate of drug-likeness (QED) is 0.467. The number of benzene rings is 1. The van der Waals surface area contributed by atoms with E-state index in [1.807, 2.05) is 37.3 Å². The molecule has 1 fully saturated rings. The summed E-state index contributed by atoms with van der Waals surface area (Å²) < 4.78 is 0. The molecule has 0 radical (unpaired) electrons. The van der Waals surface area contributed by atoms with E-state index in [-0.39, 0.29) is 18.4 Å². The maximum Gasteiger partial charge on any atom is 0.325 e. The first kappa shape index (κ1) is 24.8. The van der Waals surface area contributed by atoms with Crippen molar-refractivity contribution in [2.24, 2.45) is 5.92 Å². The number of amides is 4. The van der Waals surface area contributed by atoms with Crippen LogP contribution in [0.1, 0.15) is 36.9 Å². The summed E-state index contributed by atoms with van der Waals surface area (Å²) in [5.74, 6) is -1.11. The van der Waals surface area contributed by atoms with E-state index < -0.39 is 29.8 Å². The van der Waals surface area contributed by atoms with Crippen LogP contribution in [0, 0.1) is 5.92 Å².